The van der Waals surface area contributed by atoms with Crippen molar-refractivity contribution in [3.63, 3.8) is 0 Å². The van der Waals surface area contributed by atoms with Gasteiger partial charge in [0.25, 0.3) is 0 Å². The average molecular weight is 288 g/mol. The molecule has 1 N–H and O–H groups in total. The Morgan fingerprint density at radius 3 is 2.81 bits per heavy atom. The fraction of sp³-hybridized carbons (Fsp3) is 0.286. The largest absolute Gasteiger partial charge is 0.381 e. The first-order chi connectivity index (χ1) is 9.95. The molecule has 110 valence electrons. The number of imidazole rings is 1. The second kappa shape index (κ2) is 6.17. The van der Waals surface area contributed by atoms with Crippen LogP contribution in [0.5, 0.6) is 0 Å². The van der Waals surface area contributed by atoms with Gasteiger partial charge in [0.05, 0.1) is 0 Å². The summed E-state index contributed by atoms with van der Waals surface area (Å²) in [5, 5.41) is 13.3. The molecule has 1 amide bonds. The number of hydrogen-bond acceptors (Lipinski definition) is 4. The lowest BCUT2D eigenvalue weighted by Crippen LogP contribution is -2.14. The maximum absolute atomic E-state index is 11.9. The molecule has 2 rings (SSSR count). The highest BCUT2D eigenvalue weighted by Crippen LogP contribution is 2.16. The third kappa shape index (κ3) is 3.88. The number of nitro groups is 1. The van der Waals surface area contributed by atoms with E-state index in [4.69, 9.17) is 0 Å². The monoisotopic (exact) mass is 288 g/mol. The van der Waals surface area contributed by atoms with Crippen LogP contribution in [0.3, 0.4) is 0 Å². The van der Waals surface area contributed by atoms with Crippen LogP contribution in [0.2, 0.25) is 0 Å². The second-order valence-corrected chi connectivity index (χ2v) is 4.84. The van der Waals surface area contributed by atoms with Crippen LogP contribution in [0.15, 0.2) is 30.7 Å². The van der Waals surface area contributed by atoms with E-state index in [1.165, 1.54) is 17.1 Å². The van der Waals surface area contributed by atoms with E-state index in [0.29, 0.717) is 6.54 Å². The molecule has 0 aliphatic heterocycles. The van der Waals surface area contributed by atoms with Gasteiger partial charge in [-0.25, -0.2) is 0 Å². The maximum Gasteiger partial charge on any atom is 0.381 e. The summed E-state index contributed by atoms with van der Waals surface area (Å²) in [6.07, 6.45) is 2.88. The molecule has 1 aromatic heterocycles. The molecule has 21 heavy (non-hydrogen) atoms. The maximum atomic E-state index is 11.9. The second-order valence-electron chi connectivity index (χ2n) is 4.84. The van der Waals surface area contributed by atoms with Crippen LogP contribution < -0.4 is 5.32 Å². The normalized spacial score (nSPS) is 10.4. The van der Waals surface area contributed by atoms with Gasteiger partial charge in [-0.2, -0.15) is 0 Å². The van der Waals surface area contributed by atoms with E-state index in [-0.39, 0.29) is 18.1 Å². The van der Waals surface area contributed by atoms with Crippen molar-refractivity contribution < 1.29 is 9.72 Å². The minimum absolute atomic E-state index is 0.140. The van der Waals surface area contributed by atoms with Gasteiger partial charge in [-0.15, -0.1) is 0 Å². The van der Waals surface area contributed by atoms with E-state index >= 15 is 0 Å². The number of rotatable bonds is 5. The molecule has 0 bridgehead atoms. The number of benzene rings is 1. The lowest BCUT2D eigenvalue weighted by molar-refractivity contribution is -0.389. The summed E-state index contributed by atoms with van der Waals surface area (Å²) < 4.78 is 1.53. The molecule has 0 spiro atoms. The molecular weight excluding hydrogens is 272 g/mol. The Balaban J connectivity index is 1.91. The molecule has 0 fully saturated rings. The zero-order valence-electron chi connectivity index (χ0n) is 11.9. The number of aryl methyl sites for hydroxylation is 3. The molecule has 0 saturated carbocycles. The van der Waals surface area contributed by atoms with Gasteiger partial charge in [0.15, 0.2) is 0 Å². The minimum Gasteiger partial charge on any atom is -0.358 e. The third-order valence-corrected chi connectivity index (χ3v) is 3.06. The van der Waals surface area contributed by atoms with E-state index in [1.54, 1.807) is 0 Å². The Bertz CT molecular complexity index is 679. The number of hydrogen-bond donors (Lipinski definition) is 1. The van der Waals surface area contributed by atoms with Crippen molar-refractivity contribution in [1.29, 1.82) is 0 Å². The first kappa shape index (κ1) is 14.7. The molecule has 0 radical (unpaired) electrons. The molecule has 0 saturated heterocycles. The molecule has 1 aromatic carbocycles. The molecule has 0 unspecified atom stereocenters. The topological polar surface area (TPSA) is 90.1 Å². The summed E-state index contributed by atoms with van der Waals surface area (Å²) in [5.74, 6) is -0.358. The lowest BCUT2D eigenvalue weighted by Gasteiger charge is -2.09. The Morgan fingerprint density at radius 1 is 1.43 bits per heavy atom. The fourth-order valence-electron chi connectivity index (χ4n) is 1.96. The predicted octanol–water partition coefficient (Wildman–Crippen LogP) is 2.44. The van der Waals surface area contributed by atoms with E-state index in [2.05, 4.69) is 10.3 Å². The van der Waals surface area contributed by atoms with Crippen LogP contribution in [-0.2, 0) is 11.3 Å². The van der Waals surface area contributed by atoms with E-state index in [1.807, 2.05) is 32.0 Å². The van der Waals surface area contributed by atoms with Gasteiger partial charge in [-0.3, -0.25) is 4.79 Å². The lowest BCUT2D eigenvalue weighted by atomic mass is 10.1. The number of anilines is 1. The Labute approximate surface area is 121 Å². The quantitative estimate of drug-likeness (QED) is 0.675. The third-order valence-electron chi connectivity index (χ3n) is 3.06. The van der Waals surface area contributed by atoms with Crippen molar-refractivity contribution in [3.05, 3.63) is 52.0 Å². The molecular formula is C14H16N4O3. The van der Waals surface area contributed by atoms with Gasteiger partial charge in [-0.1, -0.05) is 17.7 Å². The number of carbonyl (C=O) groups is 1. The molecule has 0 aliphatic carbocycles. The SMILES string of the molecule is Cc1ccc(NC(=O)CCn2cnc([N+](=O)[O-])c2)c(C)c1. The van der Waals surface area contributed by atoms with Crippen molar-refractivity contribution in [2.45, 2.75) is 26.8 Å². The Hall–Kier alpha value is -2.70. The first-order valence-electron chi connectivity index (χ1n) is 6.49. The number of aromatic nitrogens is 2. The van der Waals surface area contributed by atoms with Gasteiger partial charge in [0, 0.05) is 18.7 Å². The van der Waals surface area contributed by atoms with Crippen molar-refractivity contribution in [1.82, 2.24) is 9.55 Å². The summed E-state index contributed by atoms with van der Waals surface area (Å²) in [6.45, 7) is 4.27. The zero-order valence-corrected chi connectivity index (χ0v) is 11.9. The molecule has 0 aliphatic rings. The molecule has 7 nitrogen and oxygen atoms in total. The van der Waals surface area contributed by atoms with Crippen molar-refractivity contribution in [2.24, 2.45) is 0 Å². The summed E-state index contributed by atoms with van der Waals surface area (Å²) in [4.78, 5) is 25.5. The standard InChI is InChI=1S/C14H16N4O3/c1-10-3-4-12(11(2)7-10)16-14(19)5-6-17-8-13(15-9-17)18(20)21/h3-4,7-9H,5-6H2,1-2H3,(H,16,19). The van der Waals surface area contributed by atoms with Crippen molar-refractivity contribution >= 4 is 17.4 Å². The molecule has 2 aromatic rings. The number of nitrogens with zero attached hydrogens (tertiary/aromatic N) is 3. The minimum atomic E-state index is -0.563. The van der Waals surface area contributed by atoms with Gasteiger partial charge >= 0.3 is 5.82 Å². The zero-order chi connectivity index (χ0) is 15.4. The van der Waals surface area contributed by atoms with Crippen LogP contribution in [0.1, 0.15) is 17.5 Å². The molecule has 7 heteroatoms. The summed E-state index contributed by atoms with van der Waals surface area (Å²) in [5.41, 5.74) is 2.92. The van der Waals surface area contributed by atoms with E-state index in [9.17, 15) is 14.9 Å². The van der Waals surface area contributed by atoms with Crippen LogP contribution in [-0.4, -0.2) is 20.4 Å². The van der Waals surface area contributed by atoms with Crippen molar-refractivity contribution in [3.8, 4) is 0 Å². The van der Waals surface area contributed by atoms with Crippen LogP contribution in [0.25, 0.3) is 0 Å². The van der Waals surface area contributed by atoms with E-state index < -0.39 is 4.92 Å². The highest BCUT2D eigenvalue weighted by Gasteiger charge is 2.11. The predicted molar refractivity (Wildman–Crippen MR) is 78.0 cm³/mol. The van der Waals surface area contributed by atoms with Crippen molar-refractivity contribution in [2.75, 3.05) is 5.32 Å². The van der Waals surface area contributed by atoms with Crippen LogP contribution in [0, 0.1) is 24.0 Å². The molecule has 0 atom stereocenters. The highest BCUT2D eigenvalue weighted by molar-refractivity contribution is 5.91. The smallest absolute Gasteiger partial charge is 0.358 e. The van der Waals surface area contributed by atoms with Crippen LogP contribution >= 0.6 is 0 Å². The number of amides is 1. The Morgan fingerprint density at radius 2 is 2.19 bits per heavy atom. The van der Waals surface area contributed by atoms with E-state index in [0.717, 1.165) is 16.8 Å². The highest BCUT2D eigenvalue weighted by atomic mass is 16.6. The molecule has 1 heterocycles. The van der Waals surface area contributed by atoms with Crippen LogP contribution in [0.4, 0.5) is 11.5 Å². The van der Waals surface area contributed by atoms with Gasteiger partial charge in [-0.05, 0) is 35.4 Å². The Kier molecular flexibility index (Phi) is 4.32. The van der Waals surface area contributed by atoms with Gasteiger partial charge in [0.1, 0.15) is 6.20 Å². The number of carbonyl (C=O) groups excluding carboxylic acids is 1. The fourth-order valence-corrected chi connectivity index (χ4v) is 1.96. The summed E-state index contributed by atoms with van der Waals surface area (Å²) >= 11 is 0. The van der Waals surface area contributed by atoms with Gasteiger partial charge in [0.2, 0.25) is 12.2 Å². The summed E-state index contributed by atoms with van der Waals surface area (Å²) in [7, 11) is 0. The average Bonchev–Trinajstić information content (AvgIpc) is 2.89. The first-order valence-corrected chi connectivity index (χ1v) is 6.49. The van der Waals surface area contributed by atoms with Gasteiger partial charge < -0.3 is 20.0 Å². The number of nitrogens with one attached hydrogen (secondary N) is 1. The summed E-state index contributed by atoms with van der Waals surface area (Å²) in [6, 6.07) is 5.79.